The molecule has 0 saturated carbocycles. The molecule has 1 aliphatic heterocycles. The van der Waals surface area contributed by atoms with Crippen LogP contribution in [0.4, 0.5) is 5.69 Å². The number of nitrogen functional groups attached to an aromatic ring is 1. The average molecular weight is 241 g/mol. The van der Waals surface area contributed by atoms with E-state index in [2.05, 4.69) is 4.74 Å². The van der Waals surface area contributed by atoms with Gasteiger partial charge in [0.15, 0.2) is 11.5 Å². The highest BCUT2D eigenvalue weighted by molar-refractivity contribution is 5.57. The molecule has 5 heteroatoms. The van der Waals surface area contributed by atoms with Crippen molar-refractivity contribution >= 4 is 12.5 Å². The van der Waals surface area contributed by atoms with Gasteiger partial charge in [-0.25, -0.2) is 0 Å². The van der Waals surface area contributed by atoms with E-state index in [1.807, 2.05) is 25.8 Å². The third-order valence-corrected chi connectivity index (χ3v) is 1.93. The zero-order valence-electron chi connectivity index (χ0n) is 10.5. The normalized spacial score (nSPS) is 11.5. The summed E-state index contributed by atoms with van der Waals surface area (Å²) in [5.41, 5.74) is 7.48. The number of aryl methyl sites for hydroxylation is 1. The van der Waals surface area contributed by atoms with Crippen molar-refractivity contribution in [1.29, 1.82) is 0 Å². The molecule has 0 atom stereocenters. The number of carbonyl (C=O) groups excluding carboxylic acids is 1. The summed E-state index contributed by atoms with van der Waals surface area (Å²) >= 11 is 0. The molecule has 2 rings (SSSR count). The van der Waals surface area contributed by atoms with Crippen LogP contribution in [0.2, 0.25) is 0 Å². The number of anilines is 1. The van der Waals surface area contributed by atoms with Crippen LogP contribution in [-0.4, -0.2) is 34.2 Å². The van der Waals surface area contributed by atoms with Crippen molar-refractivity contribution in [3.8, 4) is 11.5 Å². The Morgan fingerprint density at radius 1 is 1.18 bits per heavy atom. The summed E-state index contributed by atoms with van der Waals surface area (Å²) in [5, 5.41) is 0. The molecule has 0 aromatic heterocycles. The lowest BCUT2D eigenvalue weighted by atomic mass is 10.2. The van der Waals surface area contributed by atoms with E-state index in [-0.39, 0.29) is 0 Å². The number of hydrogen-bond acceptors (Lipinski definition) is 5. The van der Waals surface area contributed by atoms with Crippen molar-refractivity contribution in [3.63, 3.8) is 0 Å². The number of rotatable bonds is 0. The Kier molecular flexibility index (Phi) is 7.54. The van der Waals surface area contributed by atoms with Crippen molar-refractivity contribution in [1.82, 2.24) is 0 Å². The van der Waals surface area contributed by atoms with Gasteiger partial charge < -0.3 is 24.7 Å². The van der Waals surface area contributed by atoms with Crippen molar-refractivity contribution in [3.05, 3.63) is 17.7 Å². The lowest BCUT2D eigenvalue weighted by Crippen LogP contribution is -2.15. The topological polar surface area (TPSA) is 70.8 Å². The van der Waals surface area contributed by atoms with Crippen LogP contribution in [0.3, 0.4) is 0 Å². The molecule has 1 aromatic carbocycles. The van der Waals surface area contributed by atoms with Crippen LogP contribution in [0, 0.1) is 6.92 Å². The molecule has 1 aliphatic rings. The molecular formula is C12H19NO4. The highest BCUT2D eigenvalue weighted by Crippen LogP contribution is 2.33. The molecule has 2 N–H and O–H groups in total. The minimum absolute atomic E-state index is 0.607. The summed E-state index contributed by atoms with van der Waals surface area (Å²) < 4.78 is 15.0. The van der Waals surface area contributed by atoms with Crippen LogP contribution in [-0.2, 0) is 9.53 Å². The van der Waals surface area contributed by atoms with Crippen LogP contribution < -0.4 is 15.2 Å². The number of benzene rings is 1. The molecule has 1 heterocycles. The van der Waals surface area contributed by atoms with Crippen LogP contribution in [0.1, 0.15) is 5.56 Å². The van der Waals surface area contributed by atoms with Crippen LogP contribution in [0.25, 0.3) is 0 Å². The quantitative estimate of drug-likeness (QED) is 0.696. The molecule has 0 fully saturated rings. The zero-order chi connectivity index (χ0) is 13.3. The Labute approximate surface area is 101 Å². The van der Waals surface area contributed by atoms with E-state index in [4.69, 9.17) is 20.0 Å². The zero-order valence-corrected chi connectivity index (χ0v) is 10.5. The van der Waals surface area contributed by atoms with Gasteiger partial charge in [-0.1, -0.05) is 0 Å². The first-order valence-electron chi connectivity index (χ1n) is 5.03. The molecule has 1 aromatic rings. The fourth-order valence-corrected chi connectivity index (χ4v) is 1.21. The predicted octanol–water partition coefficient (Wildman–Crippen LogP) is 1.43. The number of hydrogen-bond donors (Lipinski definition) is 1. The van der Waals surface area contributed by atoms with Crippen molar-refractivity contribution < 1.29 is 19.0 Å². The van der Waals surface area contributed by atoms with Gasteiger partial charge in [0.2, 0.25) is 0 Å². The summed E-state index contributed by atoms with van der Waals surface area (Å²) in [6.45, 7) is 5.18. The van der Waals surface area contributed by atoms with Crippen LogP contribution >= 0.6 is 0 Å². The Balaban J connectivity index is 0.000000450. The van der Waals surface area contributed by atoms with Gasteiger partial charge in [0, 0.05) is 26.0 Å². The van der Waals surface area contributed by atoms with Crippen LogP contribution in [0.15, 0.2) is 12.1 Å². The lowest BCUT2D eigenvalue weighted by molar-refractivity contribution is -0.0979. The van der Waals surface area contributed by atoms with E-state index in [9.17, 15) is 0 Å². The number of ether oxygens (including phenoxy) is 3. The standard InChI is InChI=1S/C9H11NO2.C2H6O.CH2O/c1-6-4-8-9(5-7(6)10)12-3-2-11-8;1-3-2;1-2/h4-5H,2-3,10H2,1H3;1-2H3;1H2. The second-order valence-corrected chi connectivity index (χ2v) is 3.26. The van der Waals surface area contributed by atoms with E-state index in [0.29, 0.717) is 13.2 Å². The lowest BCUT2D eigenvalue weighted by Gasteiger charge is -2.19. The molecule has 0 unspecified atom stereocenters. The van der Waals surface area contributed by atoms with E-state index in [1.54, 1.807) is 14.2 Å². The molecule has 0 radical (unpaired) electrons. The summed E-state index contributed by atoms with van der Waals surface area (Å²) in [6, 6.07) is 3.72. The molecule has 5 nitrogen and oxygen atoms in total. The molecule has 0 aliphatic carbocycles. The van der Waals surface area contributed by atoms with Crippen molar-refractivity contribution in [2.75, 3.05) is 33.2 Å². The first-order valence-corrected chi connectivity index (χ1v) is 5.03. The second-order valence-electron chi connectivity index (χ2n) is 3.26. The smallest absolute Gasteiger partial charge is 0.163 e. The third-order valence-electron chi connectivity index (χ3n) is 1.93. The minimum Gasteiger partial charge on any atom is -0.486 e. The van der Waals surface area contributed by atoms with E-state index in [1.165, 1.54) is 0 Å². The number of carbonyl (C=O) groups is 1. The fourth-order valence-electron chi connectivity index (χ4n) is 1.21. The van der Waals surface area contributed by atoms with E-state index >= 15 is 0 Å². The van der Waals surface area contributed by atoms with Gasteiger partial charge >= 0.3 is 0 Å². The van der Waals surface area contributed by atoms with Crippen LogP contribution in [0.5, 0.6) is 11.5 Å². The van der Waals surface area contributed by atoms with Gasteiger partial charge in [-0.3, -0.25) is 0 Å². The van der Waals surface area contributed by atoms with E-state index in [0.717, 1.165) is 22.7 Å². The van der Waals surface area contributed by atoms with Gasteiger partial charge in [-0.15, -0.1) is 0 Å². The summed E-state index contributed by atoms with van der Waals surface area (Å²) in [7, 11) is 3.25. The maximum Gasteiger partial charge on any atom is 0.163 e. The van der Waals surface area contributed by atoms with Gasteiger partial charge in [-0.05, 0) is 18.6 Å². The van der Waals surface area contributed by atoms with Gasteiger partial charge in [0.1, 0.15) is 20.0 Å². The molecule has 96 valence electrons. The number of fused-ring (bicyclic) bond motifs is 1. The highest BCUT2D eigenvalue weighted by Gasteiger charge is 2.12. The molecular weight excluding hydrogens is 222 g/mol. The van der Waals surface area contributed by atoms with E-state index < -0.39 is 0 Å². The average Bonchev–Trinajstić information content (AvgIpc) is 2.34. The first kappa shape index (κ1) is 15.2. The monoisotopic (exact) mass is 241 g/mol. The molecule has 17 heavy (non-hydrogen) atoms. The largest absolute Gasteiger partial charge is 0.486 e. The summed E-state index contributed by atoms with van der Waals surface area (Å²) in [5.74, 6) is 1.55. The molecule has 0 spiro atoms. The fraction of sp³-hybridized carbons (Fsp3) is 0.417. The predicted molar refractivity (Wildman–Crippen MR) is 66.6 cm³/mol. The highest BCUT2D eigenvalue weighted by atomic mass is 16.6. The van der Waals surface area contributed by atoms with Gasteiger partial charge in [0.05, 0.1) is 0 Å². The Morgan fingerprint density at radius 2 is 1.59 bits per heavy atom. The Hall–Kier alpha value is -1.75. The summed E-state index contributed by atoms with van der Waals surface area (Å²) in [6.07, 6.45) is 0. The number of nitrogens with two attached hydrogens (primary N) is 1. The van der Waals surface area contributed by atoms with Crippen molar-refractivity contribution in [2.45, 2.75) is 6.92 Å². The molecule has 0 bridgehead atoms. The second kappa shape index (κ2) is 8.41. The van der Waals surface area contributed by atoms with Gasteiger partial charge in [0.25, 0.3) is 0 Å². The SMILES string of the molecule is C=O.COC.Cc1cc2c(cc1N)OCCO2. The molecule has 0 amide bonds. The van der Waals surface area contributed by atoms with Crippen molar-refractivity contribution in [2.24, 2.45) is 0 Å². The minimum atomic E-state index is 0.607. The Bertz CT molecular complexity index is 311. The summed E-state index contributed by atoms with van der Waals surface area (Å²) in [4.78, 5) is 8.00. The maximum absolute atomic E-state index is 8.00. The first-order chi connectivity index (χ1) is 8.19. The number of methoxy groups -OCH3 is 1. The third kappa shape index (κ3) is 4.74. The van der Waals surface area contributed by atoms with Gasteiger partial charge in [-0.2, -0.15) is 0 Å². The maximum atomic E-state index is 8.00. The molecule has 0 saturated heterocycles. The Morgan fingerprint density at radius 3 is 2.06 bits per heavy atom.